The van der Waals surface area contributed by atoms with Crippen molar-refractivity contribution in [1.29, 1.82) is 0 Å². The largest absolute Gasteiger partial charge is 0.341 e. The summed E-state index contributed by atoms with van der Waals surface area (Å²) < 4.78 is 5.56. The predicted molar refractivity (Wildman–Crippen MR) is 83.3 cm³/mol. The molecular formula is C17H27N3O2. The van der Waals surface area contributed by atoms with Crippen LogP contribution in [0.15, 0.2) is 4.52 Å². The fraction of sp³-hybridized carbons (Fsp3) is 0.824. The third kappa shape index (κ3) is 3.03. The Hall–Kier alpha value is -1.39. The minimum absolute atomic E-state index is 0.172. The number of nitrogens with zero attached hydrogens (tertiary/aromatic N) is 2. The molecule has 2 saturated carbocycles. The molecule has 2 fully saturated rings. The Balaban J connectivity index is 1.81. The second-order valence-electron chi connectivity index (χ2n) is 7.23. The van der Waals surface area contributed by atoms with Gasteiger partial charge in [0.15, 0.2) is 5.82 Å². The minimum Gasteiger partial charge on any atom is -0.341 e. The van der Waals surface area contributed by atoms with Crippen molar-refractivity contribution < 1.29 is 9.32 Å². The van der Waals surface area contributed by atoms with Gasteiger partial charge in [-0.05, 0) is 25.7 Å². The maximum absolute atomic E-state index is 12.6. The van der Waals surface area contributed by atoms with Crippen LogP contribution in [0.1, 0.15) is 89.3 Å². The molecule has 1 N–H and O–H groups in total. The molecule has 0 aromatic carbocycles. The van der Waals surface area contributed by atoms with Crippen molar-refractivity contribution in [1.82, 2.24) is 15.5 Å². The molecule has 22 heavy (non-hydrogen) atoms. The van der Waals surface area contributed by atoms with E-state index in [4.69, 9.17) is 4.52 Å². The number of carbonyl (C=O) groups excluding carboxylic acids is 1. The Morgan fingerprint density at radius 2 is 1.86 bits per heavy atom. The summed E-state index contributed by atoms with van der Waals surface area (Å²) in [6.07, 6.45) is 9.61. The van der Waals surface area contributed by atoms with Crippen LogP contribution >= 0.6 is 0 Å². The number of aromatic nitrogens is 2. The van der Waals surface area contributed by atoms with E-state index in [1.165, 1.54) is 19.3 Å². The Labute approximate surface area is 132 Å². The van der Waals surface area contributed by atoms with Crippen molar-refractivity contribution in [2.75, 3.05) is 0 Å². The zero-order valence-corrected chi connectivity index (χ0v) is 13.7. The van der Waals surface area contributed by atoms with E-state index in [2.05, 4.69) is 29.3 Å². The average molecular weight is 305 g/mol. The molecule has 1 amide bonds. The fourth-order valence-electron chi connectivity index (χ4n) is 3.74. The molecule has 0 atom stereocenters. The molecule has 0 saturated heterocycles. The van der Waals surface area contributed by atoms with Crippen LogP contribution in [0.5, 0.6) is 0 Å². The van der Waals surface area contributed by atoms with Gasteiger partial charge in [-0.15, -0.1) is 0 Å². The highest BCUT2D eigenvalue weighted by Gasteiger charge is 2.42. The van der Waals surface area contributed by atoms with E-state index in [-0.39, 0.29) is 17.7 Å². The molecule has 5 nitrogen and oxygen atoms in total. The maximum Gasteiger partial charge on any atom is 0.252 e. The van der Waals surface area contributed by atoms with E-state index in [9.17, 15) is 4.79 Å². The number of rotatable bonds is 4. The fourth-order valence-corrected chi connectivity index (χ4v) is 3.74. The number of carbonyl (C=O) groups is 1. The summed E-state index contributed by atoms with van der Waals surface area (Å²) in [6.45, 7) is 4.11. The molecule has 1 heterocycles. The highest BCUT2D eigenvalue weighted by Crippen LogP contribution is 2.38. The normalized spacial score (nSPS) is 22.1. The van der Waals surface area contributed by atoms with Crippen molar-refractivity contribution in [2.24, 2.45) is 5.92 Å². The first kappa shape index (κ1) is 15.5. The first-order chi connectivity index (χ1) is 10.6. The lowest BCUT2D eigenvalue weighted by Crippen LogP contribution is -2.49. The molecule has 0 spiro atoms. The summed E-state index contributed by atoms with van der Waals surface area (Å²) in [6, 6.07) is 0. The second kappa shape index (κ2) is 6.39. The average Bonchev–Trinajstić information content (AvgIpc) is 3.20. The monoisotopic (exact) mass is 305 g/mol. The van der Waals surface area contributed by atoms with Crippen LogP contribution in [0.25, 0.3) is 0 Å². The Kier molecular flexibility index (Phi) is 4.50. The van der Waals surface area contributed by atoms with Gasteiger partial charge in [0.25, 0.3) is 5.89 Å². The van der Waals surface area contributed by atoms with Gasteiger partial charge in [0.05, 0.1) is 0 Å². The molecule has 0 radical (unpaired) electrons. The Bertz CT molecular complexity index is 512. The quantitative estimate of drug-likeness (QED) is 0.921. The minimum atomic E-state index is -0.432. The van der Waals surface area contributed by atoms with Gasteiger partial charge in [-0.3, -0.25) is 4.79 Å². The van der Waals surface area contributed by atoms with Gasteiger partial charge in [0.2, 0.25) is 5.91 Å². The van der Waals surface area contributed by atoms with Crippen LogP contribution < -0.4 is 5.32 Å². The molecule has 2 aliphatic rings. The molecule has 122 valence electrons. The van der Waals surface area contributed by atoms with Crippen molar-refractivity contribution in [3.63, 3.8) is 0 Å². The zero-order valence-electron chi connectivity index (χ0n) is 13.7. The number of amides is 1. The number of hydrogen-bond acceptors (Lipinski definition) is 4. The molecule has 1 aromatic rings. The highest BCUT2D eigenvalue weighted by molar-refractivity contribution is 5.79. The van der Waals surface area contributed by atoms with Gasteiger partial charge < -0.3 is 9.84 Å². The van der Waals surface area contributed by atoms with E-state index >= 15 is 0 Å². The SMILES string of the molecule is CC(C)c1noc(C2(NC(=O)C3CCCC3)CCCCC2)n1. The maximum atomic E-state index is 12.6. The van der Waals surface area contributed by atoms with Gasteiger partial charge in [-0.1, -0.05) is 51.1 Å². The van der Waals surface area contributed by atoms with Crippen LogP contribution in [-0.2, 0) is 10.3 Å². The third-order valence-electron chi connectivity index (χ3n) is 5.16. The lowest BCUT2D eigenvalue weighted by Gasteiger charge is -2.35. The highest BCUT2D eigenvalue weighted by atomic mass is 16.5. The first-order valence-electron chi connectivity index (χ1n) is 8.77. The van der Waals surface area contributed by atoms with Crippen molar-refractivity contribution >= 4 is 5.91 Å². The molecule has 5 heteroatoms. The summed E-state index contributed by atoms with van der Waals surface area (Å²) >= 11 is 0. The van der Waals surface area contributed by atoms with E-state index in [0.717, 1.165) is 44.3 Å². The van der Waals surface area contributed by atoms with Crippen molar-refractivity contribution in [3.05, 3.63) is 11.7 Å². The van der Waals surface area contributed by atoms with Gasteiger partial charge in [-0.2, -0.15) is 4.98 Å². The topological polar surface area (TPSA) is 68.0 Å². The number of nitrogens with one attached hydrogen (secondary N) is 1. The molecular weight excluding hydrogens is 278 g/mol. The zero-order chi connectivity index (χ0) is 15.6. The summed E-state index contributed by atoms with van der Waals surface area (Å²) in [4.78, 5) is 17.2. The summed E-state index contributed by atoms with van der Waals surface area (Å²) in [5.41, 5.74) is -0.432. The molecule has 2 aliphatic carbocycles. The van der Waals surface area contributed by atoms with E-state index < -0.39 is 5.54 Å². The van der Waals surface area contributed by atoms with Gasteiger partial charge in [0.1, 0.15) is 5.54 Å². The predicted octanol–water partition coefficient (Wildman–Crippen LogP) is 3.66. The lowest BCUT2D eigenvalue weighted by molar-refractivity contribution is -0.127. The Morgan fingerprint density at radius 1 is 1.18 bits per heavy atom. The summed E-state index contributed by atoms with van der Waals surface area (Å²) in [7, 11) is 0. The van der Waals surface area contributed by atoms with E-state index in [1.54, 1.807) is 0 Å². The molecule has 0 unspecified atom stereocenters. The molecule has 0 aliphatic heterocycles. The van der Waals surface area contributed by atoms with Crippen molar-refractivity contribution in [2.45, 2.75) is 83.1 Å². The molecule has 3 rings (SSSR count). The standard InChI is InChI=1S/C17H27N3O2/c1-12(2)14-18-16(22-20-14)17(10-6-3-7-11-17)19-15(21)13-8-4-5-9-13/h12-13H,3-11H2,1-2H3,(H,19,21). The first-order valence-corrected chi connectivity index (χ1v) is 8.77. The molecule has 1 aromatic heterocycles. The van der Waals surface area contributed by atoms with Crippen LogP contribution in [0, 0.1) is 5.92 Å². The summed E-state index contributed by atoms with van der Waals surface area (Å²) in [5.74, 6) is 1.94. The summed E-state index contributed by atoms with van der Waals surface area (Å²) in [5, 5.41) is 7.41. The van der Waals surface area contributed by atoms with E-state index in [1.807, 2.05) is 0 Å². The van der Waals surface area contributed by atoms with Gasteiger partial charge in [0, 0.05) is 11.8 Å². The Morgan fingerprint density at radius 3 is 2.45 bits per heavy atom. The van der Waals surface area contributed by atoms with Crippen LogP contribution in [0.4, 0.5) is 0 Å². The third-order valence-corrected chi connectivity index (χ3v) is 5.16. The van der Waals surface area contributed by atoms with Crippen LogP contribution in [0.2, 0.25) is 0 Å². The van der Waals surface area contributed by atoms with Gasteiger partial charge in [-0.25, -0.2) is 0 Å². The van der Waals surface area contributed by atoms with Gasteiger partial charge >= 0.3 is 0 Å². The molecule has 0 bridgehead atoms. The van der Waals surface area contributed by atoms with Crippen molar-refractivity contribution in [3.8, 4) is 0 Å². The number of hydrogen-bond donors (Lipinski definition) is 1. The van der Waals surface area contributed by atoms with Crippen LogP contribution in [0.3, 0.4) is 0 Å². The smallest absolute Gasteiger partial charge is 0.252 e. The lowest BCUT2D eigenvalue weighted by atomic mass is 9.81. The van der Waals surface area contributed by atoms with E-state index in [0.29, 0.717) is 5.89 Å². The second-order valence-corrected chi connectivity index (χ2v) is 7.23. The van der Waals surface area contributed by atoms with Crippen LogP contribution in [-0.4, -0.2) is 16.0 Å².